The van der Waals surface area contributed by atoms with Gasteiger partial charge in [0.2, 0.25) is 5.91 Å². The van der Waals surface area contributed by atoms with Crippen LogP contribution >= 0.6 is 0 Å². The monoisotopic (exact) mass is 255 g/mol. The minimum atomic E-state index is -0.157. The normalized spacial score (nSPS) is 23.1. The number of nitrogens with one attached hydrogen (secondary N) is 2. The molecule has 4 nitrogen and oxygen atoms in total. The van der Waals surface area contributed by atoms with E-state index in [1.807, 2.05) is 27.7 Å². The summed E-state index contributed by atoms with van der Waals surface area (Å²) in [6.45, 7) is 13.4. The fourth-order valence-electron chi connectivity index (χ4n) is 2.43. The predicted molar refractivity (Wildman–Crippen MR) is 75.6 cm³/mol. The van der Waals surface area contributed by atoms with E-state index in [9.17, 15) is 4.79 Å². The molecule has 1 fully saturated rings. The summed E-state index contributed by atoms with van der Waals surface area (Å²) in [5.41, 5.74) is -0.157. The molecule has 4 heteroatoms. The topological polar surface area (TPSA) is 44.4 Å². The van der Waals surface area contributed by atoms with Crippen LogP contribution < -0.4 is 10.6 Å². The van der Waals surface area contributed by atoms with E-state index in [-0.39, 0.29) is 17.5 Å². The van der Waals surface area contributed by atoms with E-state index in [2.05, 4.69) is 22.5 Å². The van der Waals surface area contributed by atoms with Crippen LogP contribution in [-0.2, 0) is 4.79 Å². The van der Waals surface area contributed by atoms with Crippen LogP contribution in [0.5, 0.6) is 0 Å². The lowest BCUT2D eigenvalue weighted by atomic mass is 10.1. The summed E-state index contributed by atoms with van der Waals surface area (Å²) in [4.78, 5) is 14.4. The van der Waals surface area contributed by atoms with Gasteiger partial charge in [-0.2, -0.15) is 0 Å². The van der Waals surface area contributed by atoms with Crippen LogP contribution in [0.2, 0.25) is 0 Å². The highest BCUT2D eigenvalue weighted by Gasteiger charge is 2.24. The molecule has 1 saturated heterocycles. The molecule has 2 N–H and O–H groups in total. The second-order valence-electron chi connectivity index (χ2n) is 6.29. The Morgan fingerprint density at radius 3 is 2.67 bits per heavy atom. The number of hydrogen-bond donors (Lipinski definition) is 2. The number of carbonyl (C=O) groups is 1. The molecule has 2 unspecified atom stereocenters. The number of likely N-dealkylation sites (N-methyl/N-ethyl adjacent to an activating group) is 1. The summed E-state index contributed by atoms with van der Waals surface area (Å²) < 4.78 is 0. The van der Waals surface area contributed by atoms with Gasteiger partial charge in [0, 0.05) is 18.1 Å². The number of carbonyl (C=O) groups excluding carboxylic acids is 1. The van der Waals surface area contributed by atoms with Crippen LogP contribution in [-0.4, -0.2) is 48.1 Å². The molecule has 0 bridgehead atoms. The SMILES string of the molecule is CCN1CCCC1CNC(C)C(=O)NC(C)(C)C. The zero-order valence-electron chi connectivity index (χ0n) is 12.5. The third-order valence-electron chi connectivity index (χ3n) is 3.46. The fourth-order valence-corrected chi connectivity index (χ4v) is 2.43. The molecule has 106 valence electrons. The van der Waals surface area contributed by atoms with Crippen molar-refractivity contribution in [2.45, 2.75) is 65.1 Å². The lowest BCUT2D eigenvalue weighted by Gasteiger charge is -2.27. The van der Waals surface area contributed by atoms with E-state index in [0.29, 0.717) is 6.04 Å². The number of likely N-dealkylation sites (tertiary alicyclic amines) is 1. The van der Waals surface area contributed by atoms with Gasteiger partial charge in [0.05, 0.1) is 6.04 Å². The molecule has 0 saturated carbocycles. The quantitative estimate of drug-likeness (QED) is 0.780. The zero-order valence-corrected chi connectivity index (χ0v) is 12.5. The van der Waals surface area contributed by atoms with Gasteiger partial charge < -0.3 is 10.6 Å². The molecule has 0 radical (unpaired) electrons. The van der Waals surface area contributed by atoms with Crippen molar-refractivity contribution in [2.75, 3.05) is 19.6 Å². The Hall–Kier alpha value is -0.610. The molecule has 1 heterocycles. The maximum absolute atomic E-state index is 11.9. The first-order valence-electron chi connectivity index (χ1n) is 7.13. The highest BCUT2D eigenvalue weighted by molar-refractivity contribution is 5.81. The predicted octanol–water partition coefficient (Wildman–Crippen LogP) is 1.36. The van der Waals surface area contributed by atoms with E-state index in [1.165, 1.54) is 19.4 Å². The van der Waals surface area contributed by atoms with Gasteiger partial charge in [0.1, 0.15) is 0 Å². The maximum Gasteiger partial charge on any atom is 0.237 e. The van der Waals surface area contributed by atoms with Gasteiger partial charge in [-0.25, -0.2) is 0 Å². The Bertz CT molecular complexity index is 273. The van der Waals surface area contributed by atoms with Crippen molar-refractivity contribution >= 4 is 5.91 Å². The minimum Gasteiger partial charge on any atom is -0.350 e. The molecule has 1 aliphatic heterocycles. The van der Waals surface area contributed by atoms with Gasteiger partial charge in [-0.05, 0) is 53.6 Å². The molecule has 1 aliphatic rings. The second-order valence-corrected chi connectivity index (χ2v) is 6.29. The van der Waals surface area contributed by atoms with Crippen molar-refractivity contribution in [3.63, 3.8) is 0 Å². The lowest BCUT2D eigenvalue weighted by Crippen LogP contribution is -2.51. The van der Waals surface area contributed by atoms with Crippen molar-refractivity contribution in [1.82, 2.24) is 15.5 Å². The van der Waals surface area contributed by atoms with Gasteiger partial charge in [-0.1, -0.05) is 6.92 Å². The molecule has 0 aromatic heterocycles. The first-order valence-corrected chi connectivity index (χ1v) is 7.13. The van der Waals surface area contributed by atoms with Crippen LogP contribution in [0.1, 0.15) is 47.5 Å². The summed E-state index contributed by atoms with van der Waals surface area (Å²) in [6.07, 6.45) is 2.53. The Kier molecular flexibility index (Phi) is 5.60. The second kappa shape index (κ2) is 6.53. The average Bonchev–Trinajstić information content (AvgIpc) is 2.70. The molecule has 1 rings (SSSR count). The van der Waals surface area contributed by atoms with Crippen molar-refractivity contribution in [1.29, 1.82) is 0 Å². The molecule has 0 aromatic rings. The standard InChI is InChI=1S/C14H29N3O/c1-6-17-9-7-8-12(17)10-15-11(2)13(18)16-14(3,4)5/h11-12,15H,6-10H2,1-5H3,(H,16,18). The van der Waals surface area contributed by atoms with Gasteiger partial charge in [-0.15, -0.1) is 0 Å². The average molecular weight is 255 g/mol. The Morgan fingerprint density at radius 1 is 1.44 bits per heavy atom. The Balaban J connectivity index is 2.32. The number of amides is 1. The molecule has 1 amide bonds. The highest BCUT2D eigenvalue weighted by Crippen LogP contribution is 2.15. The van der Waals surface area contributed by atoms with Crippen LogP contribution in [0.15, 0.2) is 0 Å². The summed E-state index contributed by atoms with van der Waals surface area (Å²) in [5, 5.41) is 6.36. The molecule has 0 aromatic carbocycles. The summed E-state index contributed by atoms with van der Waals surface area (Å²) in [7, 11) is 0. The molecular formula is C14H29N3O. The van der Waals surface area contributed by atoms with E-state index < -0.39 is 0 Å². The maximum atomic E-state index is 11.9. The van der Waals surface area contributed by atoms with Gasteiger partial charge in [0.25, 0.3) is 0 Å². The van der Waals surface area contributed by atoms with Crippen LogP contribution in [0.3, 0.4) is 0 Å². The van der Waals surface area contributed by atoms with Crippen molar-refractivity contribution in [3.05, 3.63) is 0 Å². The van der Waals surface area contributed by atoms with Crippen LogP contribution in [0, 0.1) is 0 Å². The van der Waals surface area contributed by atoms with Gasteiger partial charge in [-0.3, -0.25) is 9.69 Å². The first-order chi connectivity index (χ1) is 8.33. The van der Waals surface area contributed by atoms with E-state index in [0.717, 1.165) is 13.1 Å². The van der Waals surface area contributed by atoms with Crippen LogP contribution in [0.4, 0.5) is 0 Å². The Labute approximate surface area is 111 Å². The molecule has 0 spiro atoms. The third-order valence-corrected chi connectivity index (χ3v) is 3.46. The molecular weight excluding hydrogens is 226 g/mol. The van der Waals surface area contributed by atoms with E-state index in [4.69, 9.17) is 0 Å². The van der Waals surface area contributed by atoms with Gasteiger partial charge in [0.15, 0.2) is 0 Å². The van der Waals surface area contributed by atoms with Crippen molar-refractivity contribution < 1.29 is 4.79 Å². The number of rotatable bonds is 5. The molecule has 18 heavy (non-hydrogen) atoms. The molecule has 2 atom stereocenters. The number of hydrogen-bond acceptors (Lipinski definition) is 3. The highest BCUT2D eigenvalue weighted by atomic mass is 16.2. The molecule has 0 aliphatic carbocycles. The van der Waals surface area contributed by atoms with Crippen LogP contribution in [0.25, 0.3) is 0 Å². The minimum absolute atomic E-state index is 0.0866. The fraction of sp³-hybridized carbons (Fsp3) is 0.929. The largest absolute Gasteiger partial charge is 0.350 e. The lowest BCUT2D eigenvalue weighted by molar-refractivity contribution is -0.124. The van der Waals surface area contributed by atoms with E-state index in [1.54, 1.807) is 0 Å². The smallest absolute Gasteiger partial charge is 0.237 e. The van der Waals surface area contributed by atoms with E-state index >= 15 is 0 Å². The van der Waals surface area contributed by atoms with Gasteiger partial charge >= 0.3 is 0 Å². The Morgan fingerprint density at radius 2 is 2.11 bits per heavy atom. The van der Waals surface area contributed by atoms with Crippen molar-refractivity contribution in [3.8, 4) is 0 Å². The summed E-state index contributed by atoms with van der Waals surface area (Å²) in [5.74, 6) is 0.0866. The van der Waals surface area contributed by atoms with Crippen molar-refractivity contribution in [2.24, 2.45) is 0 Å². The summed E-state index contributed by atoms with van der Waals surface area (Å²) in [6, 6.07) is 0.475. The summed E-state index contributed by atoms with van der Waals surface area (Å²) >= 11 is 0. The zero-order chi connectivity index (χ0) is 13.8. The number of nitrogens with zero attached hydrogens (tertiary/aromatic N) is 1. The first kappa shape index (κ1) is 15.4. The third kappa shape index (κ3) is 4.94.